The number of rotatable bonds is 5. The van der Waals surface area contributed by atoms with Gasteiger partial charge >= 0.3 is 5.69 Å². The molecule has 10 heteroatoms. The molecule has 0 saturated heterocycles. The summed E-state index contributed by atoms with van der Waals surface area (Å²) in [4.78, 5) is 13.9. The molecule has 0 unspecified atom stereocenters. The summed E-state index contributed by atoms with van der Waals surface area (Å²) in [6.07, 6.45) is 1.54. The summed E-state index contributed by atoms with van der Waals surface area (Å²) >= 11 is 0.650. The third-order valence-corrected chi connectivity index (χ3v) is 5.18. The molecule has 0 bridgehead atoms. The molecule has 0 aliphatic rings. The Labute approximate surface area is 118 Å². The maximum atomic E-state index is 12.0. The number of thiophene rings is 1. The summed E-state index contributed by atoms with van der Waals surface area (Å²) in [6, 6.07) is 6.04. The second kappa shape index (κ2) is 5.53. The number of aromatic nitrogens is 1. The maximum absolute atomic E-state index is 12.0. The first-order valence-electron chi connectivity index (χ1n) is 5.33. The van der Waals surface area contributed by atoms with Crippen molar-refractivity contribution < 1.29 is 13.3 Å². The molecule has 0 spiro atoms. The zero-order valence-electron chi connectivity index (χ0n) is 10.0. The number of hydrogen-bond donors (Lipinski definition) is 2. The van der Waals surface area contributed by atoms with Crippen LogP contribution in [0.15, 0.2) is 34.7 Å². The van der Waals surface area contributed by atoms with Crippen molar-refractivity contribution in [3.05, 3.63) is 46.3 Å². The van der Waals surface area contributed by atoms with E-state index in [1.165, 1.54) is 6.20 Å². The van der Waals surface area contributed by atoms with Crippen LogP contribution < -0.4 is 10.5 Å². The van der Waals surface area contributed by atoms with Crippen molar-refractivity contribution in [2.75, 3.05) is 5.73 Å². The van der Waals surface area contributed by atoms with Gasteiger partial charge in [-0.25, -0.2) is 13.1 Å². The predicted molar refractivity (Wildman–Crippen MR) is 73.6 cm³/mol. The van der Waals surface area contributed by atoms with Crippen molar-refractivity contribution in [2.24, 2.45) is 0 Å². The molecule has 2 aromatic heterocycles. The Morgan fingerprint density at radius 1 is 1.45 bits per heavy atom. The van der Waals surface area contributed by atoms with Crippen LogP contribution in [-0.2, 0) is 16.6 Å². The molecule has 0 atom stereocenters. The van der Waals surface area contributed by atoms with Crippen molar-refractivity contribution in [2.45, 2.75) is 10.8 Å². The number of nitro groups is 1. The zero-order chi connectivity index (χ0) is 14.8. The van der Waals surface area contributed by atoms with Gasteiger partial charge in [-0.1, -0.05) is 17.4 Å². The molecule has 2 aromatic rings. The lowest BCUT2D eigenvalue weighted by Gasteiger charge is -2.03. The lowest BCUT2D eigenvalue weighted by atomic mass is 10.4. The van der Waals surface area contributed by atoms with Gasteiger partial charge in [0.05, 0.1) is 17.2 Å². The molecule has 3 N–H and O–H groups in total. The van der Waals surface area contributed by atoms with Gasteiger partial charge < -0.3 is 5.73 Å². The van der Waals surface area contributed by atoms with Gasteiger partial charge in [0.1, 0.15) is 4.21 Å². The topological polar surface area (TPSA) is 128 Å². The van der Waals surface area contributed by atoms with Gasteiger partial charge in [0, 0.05) is 12.3 Å². The fraction of sp³-hybridized carbons (Fsp3) is 0.100. The van der Waals surface area contributed by atoms with Gasteiger partial charge in [-0.3, -0.25) is 15.1 Å². The van der Waals surface area contributed by atoms with Gasteiger partial charge in [0.2, 0.25) is 0 Å². The SMILES string of the molecule is Nc1sc(S(=O)(=O)NCc2ccccn2)cc1[N+](=O)[O-]. The molecule has 20 heavy (non-hydrogen) atoms. The maximum Gasteiger partial charge on any atom is 0.304 e. The Kier molecular flexibility index (Phi) is 3.97. The molecule has 0 radical (unpaired) electrons. The average molecular weight is 314 g/mol. The van der Waals surface area contributed by atoms with E-state index in [4.69, 9.17) is 5.73 Å². The van der Waals surface area contributed by atoms with Crippen molar-refractivity contribution >= 4 is 32.0 Å². The monoisotopic (exact) mass is 314 g/mol. The minimum absolute atomic E-state index is 0.00518. The highest BCUT2D eigenvalue weighted by molar-refractivity contribution is 7.91. The van der Waals surface area contributed by atoms with Crippen LogP contribution in [0.4, 0.5) is 10.7 Å². The average Bonchev–Trinajstić information content (AvgIpc) is 2.81. The minimum atomic E-state index is -3.85. The smallest absolute Gasteiger partial charge is 0.304 e. The number of hydrogen-bond acceptors (Lipinski definition) is 7. The molecule has 8 nitrogen and oxygen atoms in total. The van der Waals surface area contributed by atoms with E-state index < -0.39 is 20.6 Å². The van der Waals surface area contributed by atoms with Gasteiger partial charge in [-0.05, 0) is 12.1 Å². The highest BCUT2D eigenvalue weighted by atomic mass is 32.2. The first-order chi connectivity index (χ1) is 9.40. The van der Waals surface area contributed by atoms with Gasteiger partial charge in [-0.2, -0.15) is 0 Å². The molecule has 0 saturated carbocycles. The fourth-order valence-corrected chi connectivity index (χ4v) is 3.65. The molecule has 0 fully saturated rings. The molecule has 0 aliphatic heterocycles. The van der Waals surface area contributed by atoms with E-state index in [0.717, 1.165) is 6.07 Å². The Bertz CT molecular complexity index is 727. The molecule has 106 valence electrons. The lowest BCUT2D eigenvalue weighted by Crippen LogP contribution is -2.22. The predicted octanol–water partition coefficient (Wildman–Crippen LogP) is 1.11. The number of nitrogen functional groups attached to an aromatic ring is 1. The highest BCUT2D eigenvalue weighted by Crippen LogP contribution is 2.34. The number of nitrogens with two attached hydrogens (primary N) is 1. The molecular weight excluding hydrogens is 304 g/mol. The van der Waals surface area contributed by atoms with Crippen molar-refractivity contribution in [1.82, 2.24) is 9.71 Å². The molecule has 2 heterocycles. The molecular formula is C10H10N4O4S2. The van der Waals surface area contributed by atoms with Crippen LogP contribution in [0.3, 0.4) is 0 Å². The fourth-order valence-electron chi connectivity index (χ4n) is 1.39. The number of nitrogens with zero attached hydrogens (tertiary/aromatic N) is 2. The van der Waals surface area contributed by atoms with E-state index in [1.807, 2.05) is 0 Å². The summed E-state index contributed by atoms with van der Waals surface area (Å²) in [7, 11) is -3.85. The zero-order valence-corrected chi connectivity index (χ0v) is 11.6. The molecule has 0 amide bonds. The Morgan fingerprint density at radius 3 is 2.75 bits per heavy atom. The Morgan fingerprint density at radius 2 is 2.20 bits per heavy atom. The first-order valence-corrected chi connectivity index (χ1v) is 7.63. The van der Waals surface area contributed by atoms with Gasteiger partial charge in [0.15, 0.2) is 5.00 Å². The van der Waals surface area contributed by atoms with Crippen LogP contribution >= 0.6 is 11.3 Å². The summed E-state index contributed by atoms with van der Waals surface area (Å²) in [5, 5.41) is 10.5. The summed E-state index contributed by atoms with van der Waals surface area (Å²) in [5.41, 5.74) is 5.55. The summed E-state index contributed by atoms with van der Waals surface area (Å²) in [6.45, 7) is -0.00518. The molecule has 2 rings (SSSR count). The van der Waals surface area contributed by atoms with Crippen LogP contribution in [-0.4, -0.2) is 18.3 Å². The Balaban J connectivity index is 2.18. The van der Waals surface area contributed by atoms with Gasteiger partial charge in [0.25, 0.3) is 10.0 Å². The quantitative estimate of drug-likeness (QED) is 0.628. The minimum Gasteiger partial charge on any atom is -0.385 e. The second-order valence-corrected chi connectivity index (χ2v) is 6.80. The third-order valence-electron chi connectivity index (χ3n) is 2.35. The van der Waals surface area contributed by atoms with Crippen LogP contribution in [0.2, 0.25) is 0 Å². The van der Waals surface area contributed by atoms with E-state index >= 15 is 0 Å². The lowest BCUT2D eigenvalue weighted by molar-refractivity contribution is -0.383. The number of sulfonamides is 1. The second-order valence-electron chi connectivity index (χ2n) is 3.72. The number of pyridine rings is 1. The standard InChI is InChI=1S/C10H10N4O4S2/c11-10-8(14(15)16)5-9(19-10)20(17,18)13-6-7-3-1-2-4-12-7/h1-5,13H,6,11H2. The third kappa shape index (κ3) is 3.10. The van der Waals surface area contributed by atoms with E-state index in [-0.39, 0.29) is 15.8 Å². The summed E-state index contributed by atoms with van der Waals surface area (Å²) in [5.74, 6) is 0. The number of anilines is 1. The molecule has 0 aromatic carbocycles. The van der Waals surface area contributed by atoms with Crippen molar-refractivity contribution in [1.29, 1.82) is 0 Å². The van der Waals surface area contributed by atoms with Crippen LogP contribution in [0.5, 0.6) is 0 Å². The number of nitrogens with one attached hydrogen (secondary N) is 1. The van der Waals surface area contributed by atoms with Crippen molar-refractivity contribution in [3.63, 3.8) is 0 Å². The Hall–Kier alpha value is -2.04. The van der Waals surface area contributed by atoms with E-state index in [2.05, 4.69) is 9.71 Å². The van der Waals surface area contributed by atoms with E-state index in [9.17, 15) is 18.5 Å². The largest absolute Gasteiger partial charge is 0.385 e. The van der Waals surface area contributed by atoms with Crippen LogP contribution in [0, 0.1) is 10.1 Å². The highest BCUT2D eigenvalue weighted by Gasteiger charge is 2.24. The van der Waals surface area contributed by atoms with Gasteiger partial charge in [-0.15, -0.1) is 0 Å². The van der Waals surface area contributed by atoms with Crippen molar-refractivity contribution in [3.8, 4) is 0 Å². The van der Waals surface area contributed by atoms with E-state index in [0.29, 0.717) is 17.0 Å². The van der Waals surface area contributed by atoms with E-state index in [1.54, 1.807) is 18.2 Å². The van der Waals surface area contributed by atoms with Crippen LogP contribution in [0.25, 0.3) is 0 Å². The first kappa shape index (κ1) is 14.4. The molecule has 0 aliphatic carbocycles. The van der Waals surface area contributed by atoms with Crippen LogP contribution in [0.1, 0.15) is 5.69 Å². The summed E-state index contributed by atoms with van der Waals surface area (Å²) < 4.78 is 26.1. The normalized spacial score (nSPS) is 11.4.